The number of phosphoric ester groups is 1. The van der Waals surface area contributed by atoms with Crippen molar-refractivity contribution in [2.24, 2.45) is 16.0 Å². The van der Waals surface area contributed by atoms with Gasteiger partial charge in [0.2, 0.25) is 17.8 Å². The molecule has 0 radical (unpaired) electrons. The Bertz CT molecular complexity index is 4480. The number of nitrogens with two attached hydrogens (primary N) is 1. The van der Waals surface area contributed by atoms with Gasteiger partial charge in [0.05, 0.1) is 81.0 Å². The number of carbonyl (C=O) groups is 6. The highest BCUT2D eigenvalue weighted by molar-refractivity contribution is 7.86. The molecule has 42 heteroatoms. The molecule has 2 aromatic heterocycles. The number of benzene rings is 3. The SMILES string of the molecule is COC(=O)N[C@H](C(=O)N[C@@H](Cc1ccc(C#Cc2cnc(N3CC4CCC(C3)N4C3COC3)nc2)cc1)[C@H](CN(Cc1c(F)cc(-c2ccn(C(F)F)n2)cc1F)NC(=O)[C@@H](NC(=O)OC)C(C)(C)C(F)(F)F)OC(=O)CC(C)(C)c1c(CC(=O)N2CCN(S(N)(=O)=O)CC2)cc(C)cc1OP(=O)(O)O)C(C)(C)C(F)(F)F. The number of hydrogen-bond acceptors (Lipinski definition) is 20. The minimum absolute atomic E-state index is 0.0487. The van der Waals surface area contributed by atoms with Gasteiger partial charge in [0.15, 0.2) is 0 Å². The van der Waals surface area contributed by atoms with Crippen molar-refractivity contribution in [1.29, 1.82) is 0 Å². The number of fused-ring (bicyclic) bond motifs is 2. The standard InChI is InChI=1S/C70H85F10N14O16PS/c1-39-24-44(29-55(95)89-20-22-92(23-21-89)112(81,104)105)57(53(25-39)110-111(101,102)103)66(2,3)30-56(96)109-54(36-91(88-61(98)59(86-65(100)107-9)68(6,7)70(78,79)80)35-48-49(71)27-43(28-50(48)72)51-18-19-93(87-51)62(73)74)52(84-60(97)58(85-64(99)106-8)67(4,5)69(75,76)77)26-41-13-10-40(11-14-41)12-15-42-31-82-63(83-32-42)90-33-45-16-17-46(34-90)94(45)47-37-108-38-47/h10-11,13-14,18-19,24-25,27-28,31-32,45-47,52,54,58-59,62H,16-17,20-23,26,29-30,33-38H2,1-9H3,(H,84,97)(H,85,99)(H,86,100)(H,88,98)(H2,81,104,105)(H2,101,102,103)/t45?,46?,52-,54-,58+,59+/m0/s1. The number of amides is 5. The third-order valence-electron chi connectivity index (χ3n) is 20.0. The van der Waals surface area contributed by atoms with E-state index in [9.17, 15) is 50.7 Å². The molecule has 5 amide bonds. The molecule has 112 heavy (non-hydrogen) atoms. The number of ether oxygens (including phenoxy) is 4. The number of nitrogens with one attached hydrogen (secondary N) is 4. The Kier molecular flexibility index (Phi) is 26.8. The lowest BCUT2D eigenvalue weighted by Crippen LogP contribution is -2.64. The molecule has 4 saturated heterocycles. The quantitative estimate of drug-likeness (QED) is 0.00692. The molecule has 4 aliphatic rings. The van der Waals surface area contributed by atoms with Gasteiger partial charge in [-0.1, -0.05) is 43.9 Å². The molecule has 4 fully saturated rings. The smallest absolute Gasteiger partial charge is 0.459 e. The number of anilines is 1. The average molecular weight is 1630 g/mol. The molecule has 0 aliphatic carbocycles. The van der Waals surface area contributed by atoms with Crippen LogP contribution < -0.4 is 35.9 Å². The monoisotopic (exact) mass is 1630 g/mol. The van der Waals surface area contributed by atoms with E-state index in [4.69, 9.17) is 19.1 Å². The molecule has 5 aromatic rings. The van der Waals surface area contributed by atoms with Crippen LogP contribution in [0.5, 0.6) is 5.75 Å². The Labute approximate surface area is 637 Å². The highest BCUT2D eigenvalue weighted by Crippen LogP contribution is 2.47. The number of alkyl halides is 8. The number of halogens is 10. The number of esters is 1. The van der Waals surface area contributed by atoms with Gasteiger partial charge in [0, 0.05) is 104 Å². The fourth-order valence-corrected chi connectivity index (χ4v) is 14.8. The number of hydrazine groups is 1. The van der Waals surface area contributed by atoms with Crippen LogP contribution in [0.15, 0.2) is 73.2 Å². The normalized spacial score (nSPS) is 18.0. The fourth-order valence-electron chi connectivity index (χ4n) is 13.7. The van der Waals surface area contributed by atoms with E-state index in [0.29, 0.717) is 106 Å². The molecular formula is C70H85F10N14O16PS. The number of methoxy groups -OCH3 is 2. The zero-order valence-corrected chi connectivity index (χ0v) is 63.7. The van der Waals surface area contributed by atoms with E-state index in [-0.39, 0.29) is 53.1 Å². The van der Waals surface area contributed by atoms with Crippen molar-refractivity contribution in [2.75, 3.05) is 78.1 Å². The topological polar surface area (TPSA) is 374 Å². The van der Waals surface area contributed by atoms with Crippen molar-refractivity contribution in [2.45, 2.75) is 154 Å². The number of piperazine rings is 2. The van der Waals surface area contributed by atoms with Crippen LogP contribution >= 0.6 is 7.82 Å². The van der Waals surface area contributed by atoms with Crippen molar-refractivity contribution < 1.29 is 119 Å². The fraction of sp³-hybridized carbons (Fsp3) is 0.529. The zero-order valence-electron chi connectivity index (χ0n) is 62.0. The molecule has 6 heterocycles. The van der Waals surface area contributed by atoms with Crippen molar-refractivity contribution in [1.82, 2.24) is 60.2 Å². The molecule has 0 saturated carbocycles. The van der Waals surface area contributed by atoms with E-state index in [1.165, 1.54) is 68.4 Å². The van der Waals surface area contributed by atoms with Crippen LogP contribution in [0, 0.1) is 41.2 Å². The first-order valence-electron chi connectivity index (χ1n) is 34.8. The maximum Gasteiger partial charge on any atom is 0.524 e. The highest BCUT2D eigenvalue weighted by atomic mass is 32.2. The molecule has 2 bridgehead atoms. The average Bonchev–Trinajstić information content (AvgIpc) is 1.30. The minimum atomic E-state index is -5.59. The summed E-state index contributed by atoms with van der Waals surface area (Å²) < 4.78 is 217. The van der Waals surface area contributed by atoms with E-state index in [2.05, 4.69) is 56.9 Å². The van der Waals surface area contributed by atoms with Gasteiger partial charge in [0.25, 0.3) is 16.1 Å². The predicted molar refractivity (Wildman–Crippen MR) is 378 cm³/mol. The lowest BCUT2D eigenvalue weighted by Gasteiger charge is -2.47. The number of hydrogen-bond donors (Lipinski definition) is 7. The molecule has 8 N–H and O–H groups in total. The van der Waals surface area contributed by atoms with Gasteiger partial charge >= 0.3 is 44.9 Å². The van der Waals surface area contributed by atoms with Gasteiger partial charge in [-0.25, -0.2) is 47.7 Å². The number of rotatable bonds is 28. The molecule has 3 aromatic carbocycles. The van der Waals surface area contributed by atoms with E-state index >= 15 is 44.7 Å². The van der Waals surface area contributed by atoms with Crippen LogP contribution in [-0.4, -0.2) is 221 Å². The zero-order chi connectivity index (χ0) is 82.5. The summed E-state index contributed by atoms with van der Waals surface area (Å²) in [5.74, 6) is -3.04. The lowest BCUT2D eigenvalue weighted by atomic mass is 9.77. The molecule has 4 aliphatic heterocycles. The summed E-state index contributed by atoms with van der Waals surface area (Å²) in [7, 11) is -8.30. The molecule has 9 rings (SSSR count). The van der Waals surface area contributed by atoms with Crippen LogP contribution in [0.3, 0.4) is 0 Å². The Balaban J connectivity index is 1.16. The van der Waals surface area contributed by atoms with E-state index in [0.717, 1.165) is 49.7 Å². The van der Waals surface area contributed by atoms with Crippen molar-refractivity contribution in [3.05, 3.63) is 124 Å². The number of aryl methyl sites for hydroxylation is 1. The van der Waals surface area contributed by atoms with Crippen LogP contribution in [0.2, 0.25) is 0 Å². The second-order valence-electron chi connectivity index (χ2n) is 29.2. The summed E-state index contributed by atoms with van der Waals surface area (Å²) in [4.78, 5) is 121. The van der Waals surface area contributed by atoms with Gasteiger partial charge in [-0.3, -0.25) is 39.3 Å². The van der Waals surface area contributed by atoms with Crippen LogP contribution in [0.25, 0.3) is 11.3 Å². The summed E-state index contributed by atoms with van der Waals surface area (Å²) in [5, 5.41) is 15.4. The Morgan fingerprint density at radius 3 is 1.82 bits per heavy atom. The summed E-state index contributed by atoms with van der Waals surface area (Å²) >= 11 is 0. The molecule has 2 unspecified atom stereocenters. The molecule has 0 spiro atoms. The summed E-state index contributed by atoms with van der Waals surface area (Å²) in [6.45, 7) is 1.95. The summed E-state index contributed by atoms with van der Waals surface area (Å²) in [5.41, 5.74) is -7.71. The van der Waals surface area contributed by atoms with E-state index in [1.54, 1.807) is 5.32 Å². The number of phosphoric acid groups is 1. The number of aromatic nitrogens is 4. The van der Waals surface area contributed by atoms with Crippen LogP contribution in [-0.2, 0) is 77.7 Å². The van der Waals surface area contributed by atoms with E-state index in [1.807, 2.05) is 5.32 Å². The molecular weight excluding hydrogens is 1550 g/mol. The Hall–Kier alpha value is -9.27. The Morgan fingerprint density at radius 2 is 1.32 bits per heavy atom. The number of alkyl carbamates (subject to hydrolysis) is 2. The minimum Gasteiger partial charge on any atom is -0.459 e. The van der Waals surface area contributed by atoms with Crippen molar-refractivity contribution >= 4 is 59.9 Å². The van der Waals surface area contributed by atoms with Crippen molar-refractivity contribution in [3.8, 4) is 28.8 Å². The molecule has 30 nitrogen and oxygen atoms in total. The maximum absolute atomic E-state index is 16.9. The van der Waals surface area contributed by atoms with Gasteiger partial charge in [-0.2, -0.15) is 52.9 Å². The third kappa shape index (κ3) is 21.1. The van der Waals surface area contributed by atoms with Gasteiger partial charge in [0.1, 0.15) is 35.6 Å². The predicted octanol–water partition coefficient (Wildman–Crippen LogP) is 6.60. The first kappa shape index (κ1) is 86.7. The van der Waals surface area contributed by atoms with Gasteiger partial charge in [-0.15, -0.1) is 0 Å². The Morgan fingerprint density at radius 1 is 0.768 bits per heavy atom. The summed E-state index contributed by atoms with van der Waals surface area (Å²) in [6.07, 6.45) is -12.9. The second kappa shape index (κ2) is 34.6. The van der Waals surface area contributed by atoms with Crippen molar-refractivity contribution in [3.63, 3.8) is 0 Å². The highest BCUT2D eigenvalue weighted by Gasteiger charge is 2.58. The molecule has 6 atom stereocenters. The van der Waals surface area contributed by atoms with Crippen LogP contribution in [0.1, 0.15) is 106 Å². The number of nitrogens with zero attached hydrogens (tertiary/aromatic N) is 9. The van der Waals surface area contributed by atoms with E-state index < -0.39 is 180 Å². The first-order chi connectivity index (χ1) is 52.2. The maximum atomic E-state index is 16.9. The van der Waals surface area contributed by atoms with Gasteiger partial charge in [-0.05, 0) is 107 Å². The largest absolute Gasteiger partial charge is 0.524 e. The molecule has 612 valence electrons. The summed E-state index contributed by atoms with van der Waals surface area (Å²) in [6, 6.07) is 3.75. The first-order valence-corrected chi connectivity index (χ1v) is 37.9. The lowest BCUT2D eigenvalue weighted by molar-refractivity contribution is -0.221. The van der Waals surface area contributed by atoms with Gasteiger partial charge < -0.3 is 49.2 Å². The second-order valence-corrected chi connectivity index (χ2v) is 32.0. The number of carbonyl (C=O) groups excluding carboxylic acids is 6. The third-order valence-corrected chi connectivity index (χ3v) is 21.5. The van der Waals surface area contributed by atoms with Crippen LogP contribution in [0.4, 0.5) is 59.4 Å².